The first kappa shape index (κ1) is 22.9. The SMILES string of the molecule is Cc1ccccc1-c1ccc(CN2C[C@H](n3cnnn3)C[C@H]2C(=O)NCCc2ccccc2)cc1. The fraction of sp³-hybridized carbons (Fsp3) is 0.286. The minimum Gasteiger partial charge on any atom is -0.354 e. The lowest BCUT2D eigenvalue weighted by Crippen LogP contribution is -2.43. The molecule has 0 radical (unpaired) electrons. The normalized spacial score (nSPS) is 18.0. The number of carbonyl (C=O) groups excluding carboxylic acids is 1. The molecule has 1 aliphatic heterocycles. The van der Waals surface area contributed by atoms with Crippen molar-refractivity contribution in [2.75, 3.05) is 13.1 Å². The summed E-state index contributed by atoms with van der Waals surface area (Å²) in [5.41, 5.74) is 6.11. The number of hydrogen-bond acceptors (Lipinski definition) is 5. The smallest absolute Gasteiger partial charge is 0.237 e. The van der Waals surface area contributed by atoms with Crippen LogP contribution in [0.3, 0.4) is 0 Å². The van der Waals surface area contributed by atoms with Gasteiger partial charge in [0, 0.05) is 19.6 Å². The van der Waals surface area contributed by atoms with Crippen LogP contribution in [0.5, 0.6) is 0 Å². The Labute approximate surface area is 205 Å². The van der Waals surface area contributed by atoms with Crippen LogP contribution in [0.2, 0.25) is 0 Å². The van der Waals surface area contributed by atoms with Crippen LogP contribution in [0.4, 0.5) is 0 Å². The number of benzene rings is 3. The third kappa shape index (κ3) is 5.46. The monoisotopic (exact) mass is 466 g/mol. The van der Waals surface area contributed by atoms with Gasteiger partial charge in [-0.2, -0.15) is 0 Å². The first-order valence-corrected chi connectivity index (χ1v) is 12.1. The topological polar surface area (TPSA) is 75.9 Å². The van der Waals surface area contributed by atoms with E-state index >= 15 is 0 Å². The lowest BCUT2D eigenvalue weighted by atomic mass is 9.99. The third-order valence-corrected chi connectivity index (χ3v) is 6.77. The summed E-state index contributed by atoms with van der Waals surface area (Å²) in [4.78, 5) is 15.5. The Kier molecular flexibility index (Phi) is 6.95. The van der Waals surface area contributed by atoms with Crippen LogP contribution in [0, 0.1) is 6.92 Å². The second kappa shape index (κ2) is 10.6. The minimum atomic E-state index is -0.226. The van der Waals surface area contributed by atoms with Gasteiger partial charge in [-0.15, -0.1) is 5.10 Å². The van der Waals surface area contributed by atoms with Gasteiger partial charge in [-0.25, -0.2) is 4.68 Å². The molecule has 2 atom stereocenters. The fourth-order valence-corrected chi connectivity index (χ4v) is 4.87. The zero-order valence-corrected chi connectivity index (χ0v) is 19.9. The Balaban J connectivity index is 1.27. The first-order valence-electron chi connectivity index (χ1n) is 12.1. The van der Waals surface area contributed by atoms with Crippen LogP contribution in [0.1, 0.15) is 29.2 Å². The van der Waals surface area contributed by atoms with Crippen molar-refractivity contribution in [3.8, 4) is 11.1 Å². The van der Waals surface area contributed by atoms with Crippen LogP contribution in [0.25, 0.3) is 11.1 Å². The second-order valence-corrected chi connectivity index (χ2v) is 9.16. The van der Waals surface area contributed by atoms with Crippen LogP contribution in [-0.2, 0) is 17.8 Å². The zero-order valence-electron chi connectivity index (χ0n) is 19.9. The molecule has 7 nitrogen and oxygen atoms in total. The van der Waals surface area contributed by atoms with Gasteiger partial charge in [-0.3, -0.25) is 9.69 Å². The molecule has 4 aromatic rings. The Morgan fingerprint density at radius 2 is 1.74 bits per heavy atom. The van der Waals surface area contributed by atoms with Gasteiger partial charge in [0.1, 0.15) is 6.33 Å². The summed E-state index contributed by atoms with van der Waals surface area (Å²) >= 11 is 0. The number of nitrogens with zero attached hydrogens (tertiary/aromatic N) is 5. The van der Waals surface area contributed by atoms with E-state index in [1.165, 1.54) is 27.8 Å². The van der Waals surface area contributed by atoms with Gasteiger partial charge < -0.3 is 5.32 Å². The maximum absolute atomic E-state index is 13.2. The van der Waals surface area contributed by atoms with Gasteiger partial charge in [0.25, 0.3) is 0 Å². The molecule has 1 N–H and O–H groups in total. The van der Waals surface area contributed by atoms with Gasteiger partial charge >= 0.3 is 0 Å². The molecular weight excluding hydrogens is 436 g/mol. The zero-order chi connectivity index (χ0) is 24.0. The lowest BCUT2D eigenvalue weighted by molar-refractivity contribution is -0.125. The standard InChI is InChI=1S/C28H30N6O/c1-21-7-5-6-10-26(21)24-13-11-23(12-14-24)18-33-19-25(34-20-30-31-32-34)17-27(33)28(35)29-16-15-22-8-3-2-4-9-22/h2-14,20,25,27H,15-19H2,1H3,(H,29,35)/t25-,27+/m1/s1. The van der Waals surface area contributed by atoms with E-state index < -0.39 is 0 Å². The van der Waals surface area contributed by atoms with Gasteiger partial charge in [0.2, 0.25) is 5.91 Å². The molecule has 0 bridgehead atoms. The van der Waals surface area contributed by atoms with Gasteiger partial charge in [-0.05, 0) is 58.0 Å². The Bertz CT molecular complexity index is 1240. The molecule has 178 valence electrons. The fourth-order valence-electron chi connectivity index (χ4n) is 4.87. The minimum absolute atomic E-state index is 0.0630. The highest BCUT2D eigenvalue weighted by Gasteiger charge is 2.38. The van der Waals surface area contributed by atoms with Crippen molar-refractivity contribution in [3.05, 3.63) is 102 Å². The number of likely N-dealkylation sites (tertiary alicyclic amines) is 1. The molecule has 0 aliphatic carbocycles. The molecule has 3 aromatic carbocycles. The van der Waals surface area contributed by atoms with Crippen LogP contribution in [-0.4, -0.2) is 50.1 Å². The first-order chi connectivity index (χ1) is 17.2. The van der Waals surface area contributed by atoms with E-state index in [1.807, 2.05) is 18.2 Å². The van der Waals surface area contributed by atoms with Crippen LogP contribution in [0.15, 0.2) is 85.2 Å². The van der Waals surface area contributed by atoms with E-state index in [2.05, 4.69) is 93.3 Å². The number of hydrogen-bond donors (Lipinski definition) is 1. The summed E-state index contributed by atoms with van der Waals surface area (Å²) in [6, 6.07) is 27.1. The maximum atomic E-state index is 13.2. The van der Waals surface area contributed by atoms with Crippen molar-refractivity contribution in [2.24, 2.45) is 0 Å². The second-order valence-electron chi connectivity index (χ2n) is 9.16. The van der Waals surface area contributed by atoms with E-state index in [0.717, 1.165) is 13.0 Å². The summed E-state index contributed by atoms with van der Waals surface area (Å²) in [5, 5.41) is 14.8. The largest absolute Gasteiger partial charge is 0.354 e. The number of carbonyl (C=O) groups is 1. The van der Waals surface area contributed by atoms with E-state index in [-0.39, 0.29) is 18.0 Å². The van der Waals surface area contributed by atoms with E-state index in [4.69, 9.17) is 0 Å². The predicted octanol–water partition coefficient (Wildman–Crippen LogP) is 3.82. The number of tetrazole rings is 1. The number of amides is 1. The van der Waals surface area contributed by atoms with Crippen molar-refractivity contribution >= 4 is 5.91 Å². The number of aryl methyl sites for hydroxylation is 1. The highest BCUT2D eigenvalue weighted by Crippen LogP contribution is 2.29. The Morgan fingerprint density at radius 1 is 0.971 bits per heavy atom. The number of nitrogens with one attached hydrogen (secondary N) is 1. The Morgan fingerprint density at radius 3 is 2.49 bits per heavy atom. The van der Waals surface area contributed by atoms with E-state index in [0.29, 0.717) is 19.5 Å². The van der Waals surface area contributed by atoms with Gasteiger partial charge in [0.05, 0.1) is 12.1 Å². The van der Waals surface area contributed by atoms with Crippen molar-refractivity contribution in [1.82, 2.24) is 30.4 Å². The summed E-state index contributed by atoms with van der Waals surface area (Å²) in [6.45, 7) is 4.17. The van der Waals surface area contributed by atoms with Gasteiger partial charge in [0.15, 0.2) is 0 Å². The summed E-state index contributed by atoms with van der Waals surface area (Å²) in [7, 11) is 0. The number of rotatable bonds is 8. The molecular formula is C28H30N6O. The maximum Gasteiger partial charge on any atom is 0.237 e. The van der Waals surface area contributed by atoms with Crippen LogP contribution >= 0.6 is 0 Å². The van der Waals surface area contributed by atoms with Crippen molar-refractivity contribution in [1.29, 1.82) is 0 Å². The highest BCUT2D eigenvalue weighted by molar-refractivity contribution is 5.82. The molecule has 1 aromatic heterocycles. The van der Waals surface area contributed by atoms with Gasteiger partial charge in [-0.1, -0.05) is 78.9 Å². The molecule has 1 fully saturated rings. The summed E-state index contributed by atoms with van der Waals surface area (Å²) in [5.74, 6) is 0.0630. The molecule has 5 rings (SSSR count). The number of aromatic nitrogens is 4. The van der Waals surface area contributed by atoms with Crippen molar-refractivity contribution in [2.45, 2.75) is 38.4 Å². The average Bonchev–Trinajstić information content (AvgIpc) is 3.56. The highest BCUT2D eigenvalue weighted by atomic mass is 16.2. The molecule has 35 heavy (non-hydrogen) atoms. The summed E-state index contributed by atoms with van der Waals surface area (Å²) in [6.07, 6.45) is 3.13. The molecule has 1 aliphatic rings. The Hall–Kier alpha value is -3.84. The van der Waals surface area contributed by atoms with E-state index in [9.17, 15) is 4.79 Å². The molecule has 0 unspecified atom stereocenters. The van der Waals surface area contributed by atoms with Crippen molar-refractivity contribution < 1.29 is 4.79 Å². The molecule has 2 heterocycles. The quantitative estimate of drug-likeness (QED) is 0.427. The van der Waals surface area contributed by atoms with Crippen LogP contribution < -0.4 is 5.32 Å². The average molecular weight is 467 g/mol. The predicted molar refractivity (Wildman–Crippen MR) is 135 cm³/mol. The molecule has 0 saturated carbocycles. The molecule has 1 saturated heterocycles. The summed E-state index contributed by atoms with van der Waals surface area (Å²) < 4.78 is 1.77. The molecule has 0 spiro atoms. The van der Waals surface area contributed by atoms with E-state index in [1.54, 1.807) is 11.0 Å². The third-order valence-electron chi connectivity index (χ3n) is 6.77. The molecule has 7 heteroatoms. The lowest BCUT2D eigenvalue weighted by Gasteiger charge is -2.23. The molecule has 1 amide bonds. The van der Waals surface area contributed by atoms with Crippen molar-refractivity contribution in [3.63, 3.8) is 0 Å².